The van der Waals surface area contributed by atoms with E-state index in [1.165, 1.54) is 6.92 Å². The number of amides is 1. The molecule has 0 radical (unpaired) electrons. The zero-order chi connectivity index (χ0) is 28.4. The standard InChI is InChI=1S/C31H31N2O6P/c1-31(32,40(36,38-26-18-10-4-11-19-26)39-27-20-12-5-13-21-27)29(34)28(22-24-14-6-2-7-15-24)33-30(35)37-23-25-16-8-3-9-17-25/h2-21,28H,22-23,32H2,1H3,(H,33,35)/t28-,31?/m0/s1. The molecule has 3 N–H and O–H groups in total. The second-order valence-electron chi connectivity index (χ2n) is 9.27. The molecule has 1 unspecified atom stereocenters. The summed E-state index contributed by atoms with van der Waals surface area (Å²) < 4.78 is 31.5. The second kappa shape index (κ2) is 13.1. The largest absolute Gasteiger partial charge is 0.457 e. The van der Waals surface area contributed by atoms with Crippen molar-refractivity contribution in [1.82, 2.24) is 5.32 Å². The molecule has 0 bridgehead atoms. The number of hydrogen-bond donors (Lipinski definition) is 2. The fourth-order valence-electron chi connectivity index (χ4n) is 3.90. The fourth-order valence-corrected chi connectivity index (χ4v) is 5.54. The van der Waals surface area contributed by atoms with E-state index in [0.717, 1.165) is 11.1 Å². The zero-order valence-corrected chi connectivity index (χ0v) is 22.9. The van der Waals surface area contributed by atoms with Gasteiger partial charge in [-0.1, -0.05) is 97.1 Å². The van der Waals surface area contributed by atoms with Crippen LogP contribution in [0.3, 0.4) is 0 Å². The molecule has 0 aromatic heterocycles. The molecule has 0 spiro atoms. The first kappa shape index (κ1) is 28.6. The summed E-state index contributed by atoms with van der Waals surface area (Å²) in [6.45, 7) is 1.29. The van der Waals surface area contributed by atoms with Crippen molar-refractivity contribution in [2.45, 2.75) is 31.3 Å². The van der Waals surface area contributed by atoms with Gasteiger partial charge in [-0.2, -0.15) is 0 Å². The molecule has 8 nitrogen and oxygen atoms in total. The molecule has 40 heavy (non-hydrogen) atoms. The smallest absolute Gasteiger partial charge is 0.445 e. The van der Waals surface area contributed by atoms with Crippen molar-refractivity contribution < 1.29 is 27.9 Å². The summed E-state index contributed by atoms with van der Waals surface area (Å²) in [4.78, 5) is 26.9. The van der Waals surface area contributed by atoms with E-state index >= 15 is 0 Å². The number of ether oxygens (including phenoxy) is 1. The third-order valence-corrected chi connectivity index (χ3v) is 8.37. The minimum Gasteiger partial charge on any atom is -0.445 e. The van der Waals surface area contributed by atoms with E-state index < -0.39 is 30.8 Å². The van der Waals surface area contributed by atoms with Gasteiger partial charge < -0.3 is 24.8 Å². The number of nitrogens with one attached hydrogen (secondary N) is 1. The molecule has 0 saturated carbocycles. The Morgan fingerprint density at radius 3 is 1.65 bits per heavy atom. The Bertz CT molecular complexity index is 1390. The molecule has 206 valence electrons. The fraction of sp³-hybridized carbons (Fsp3) is 0.161. The summed E-state index contributed by atoms with van der Waals surface area (Å²) in [7, 11) is -4.45. The number of rotatable bonds is 12. The van der Waals surface area contributed by atoms with E-state index in [4.69, 9.17) is 19.5 Å². The Kier molecular flexibility index (Phi) is 9.38. The molecule has 0 aliphatic heterocycles. The van der Waals surface area contributed by atoms with Gasteiger partial charge in [-0.3, -0.25) is 4.79 Å². The molecule has 0 fully saturated rings. The number of nitrogens with two attached hydrogens (primary N) is 1. The minimum atomic E-state index is -4.45. The maximum atomic E-state index is 14.4. The van der Waals surface area contributed by atoms with Crippen LogP contribution in [-0.4, -0.2) is 23.2 Å². The molecule has 4 aromatic rings. The van der Waals surface area contributed by atoms with Crippen molar-refractivity contribution in [3.8, 4) is 11.5 Å². The topological polar surface area (TPSA) is 117 Å². The lowest BCUT2D eigenvalue weighted by Crippen LogP contribution is -2.57. The second-order valence-corrected chi connectivity index (χ2v) is 11.6. The quantitative estimate of drug-likeness (QED) is 0.201. The van der Waals surface area contributed by atoms with Crippen LogP contribution in [0.15, 0.2) is 121 Å². The molecule has 4 rings (SSSR count). The number of ketones is 1. The SMILES string of the molecule is CC(N)(C(=O)[C@H](Cc1ccccc1)NC(=O)OCc1ccccc1)P(=O)(Oc1ccccc1)Oc1ccccc1. The van der Waals surface area contributed by atoms with Crippen LogP contribution in [0, 0.1) is 0 Å². The van der Waals surface area contributed by atoms with E-state index in [2.05, 4.69) is 5.32 Å². The first-order valence-electron chi connectivity index (χ1n) is 12.7. The number of alkyl carbamates (subject to hydrolysis) is 1. The molecule has 0 saturated heterocycles. The minimum absolute atomic E-state index is 0.00550. The predicted octanol–water partition coefficient (Wildman–Crippen LogP) is 6.12. The molecular weight excluding hydrogens is 527 g/mol. The maximum absolute atomic E-state index is 14.4. The summed E-state index contributed by atoms with van der Waals surface area (Å²) in [5, 5.41) is 0.443. The van der Waals surface area contributed by atoms with Gasteiger partial charge in [0.1, 0.15) is 18.1 Å². The summed E-state index contributed by atoms with van der Waals surface area (Å²) in [5.74, 6) is -0.328. The molecule has 0 aliphatic carbocycles. The third-order valence-electron chi connectivity index (χ3n) is 6.11. The van der Waals surface area contributed by atoms with Crippen molar-refractivity contribution in [2.24, 2.45) is 5.73 Å². The Morgan fingerprint density at radius 2 is 1.18 bits per heavy atom. The van der Waals surface area contributed by atoms with Gasteiger partial charge in [0.25, 0.3) is 0 Å². The predicted molar refractivity (Wildman–Crippen MR) is 153 cm³/mol. The first-order valence-corrected chi connectivity index (χ1v) is 14.2. The molecule has 4 aromatic carbocycles. The molecule has 2 atom stereocenters. The lowest BCUT2D eigenvalue weighted by molar-refractivity contribution is -0.123. The van der Waals surface area contributed by atoms with Gasteiger partial charge in [0, 0.05) is 0 Å². The highest BCUT2D eigenvalue weighted by Gasteiger charge is 2.55. The zero-order valence-electron chi connectivity index (χ0n) is 22.0. The van der Waals surface area contributed by atoms with Crippen molar-refractivity contribution in [2.75, 3.05) is 0 Å². The van der Waals surface area contributed by atoms with Gasteiger partial charge in [0.15, 0.2) is 11.1 Å². The van der Waals surface area contributed by atoms with Crippen LogP contribution >= 0.6 is 7.60 Å². The summed E-state index contributed by atoms with van der Waals surface area (Å²) in [6, 6.07) is 33.7. The number of para-hydroxylation sites is 2. The average molecular weight is 559 g/mol. The van der Waals surface area contributed by atoms with Gasteiger partial charge >= 0.3 is 13.7 Å². The highest BCUT2D eigenvalue weighted by atomic mass is 31.2. The van der Waals surface area contributed by atoms with E-state index in [9.17, 15) is 14.2 Å². The monoisotopic (exact) mass is 558 g/mol. The van der Waals surface area contributed by atoms with Crippen LogP contribution in [0.4, 0.5) is 4.79 Å². The summed E-state index contributed by atoms with van der Waals surface area (Å²) >= 11 is 0. The van der Waals surface area contributed by atoms with Crippen molar-refractivity contribution in [3.05, 3.63) is 132 Å². The number of carbonyl (C=O) groups is 2. The van der Waals surface area contributed by atoms with Crippen LogP contribution in [0.2, 0.25) is 0 Å². The van der Waals surface area contributed by atoms with Crippen molar-refractivity contribution in [3.63, 3.8) is 0 Å². The highest BCUT2D eigenvalue weighted by molar-refractivity contribution is 7.57. The Morgan fingerprint density at radius 1 is 0.750 bits per heavy atom. The van der Waals surface area contributed by atoms with Crippen LogP contribution in [0.25, 0.3) is 0 Å². The normalized spacial score (nSPS) is 13.3. The first-order chi connectivity index (χ1) is 19.3. The summed E-state index contributed by atoms with van der Waals surface area (Å²) in [5.41, 5.74) is 8.11. The Labute approximate surface area is 233 Å². The molecule has 9 heteroatoms. The van der Waals surface area contributed by atoms with E-state index in [1.54, 1.807) is 60.7 Å². The lowest BCUT2D eigenvalue weighted by Gasteiger charge is -2.34. The Balaban J connectivity index is 1.63. The molecule has 1 amide bonds. The van der Waals surface area contributed by atoms with E-state index in [1.807, 2.05) is 60.7 Å². The number of carbonyl (C=O) groups excluding carboxylic acids is 2. The van der Waals surface area contributed by atoms with E-state index in [-0.39, 0.29) is 24.5 Å². The molecule has 0 aliphatic rings. The third kappa shape index (κ3) is 7.38. The number of benzene rings is 4. The van der Waals surface area contributed by atoms with Crippen LogP contribution in [0.1, 0.15) is 18.1 Å². The highest BCUT2D eigenvalue weighted by Crippen LogP contribution is 2.57. The maximum Gasteiger partial charge on any atom is 0.457 e. The van der Waals surface area contributed by atoms with Gasteiger partial charge in [-0.05, 0) is 48.7 Å². The van der Waals surface area contributed by atoms with Gasteiger partial charge in [0.05, 0.1) is 6.04 Å². The van der Waals surface area contributed by atoms with Crippen molar-refractivity contribution in [1.29, 1.82) is 0 Å². The molecule has 0 heterocycles. The van der Waals surface area contributed by atoms with Crippen LogP contribution < -0.4 is 20.1 Å². The number of hydrogen-bond acceptors (Lipinski definition) is 7. The lowest BCUT2D eigenvalue weighted by atomic mass is 9.98. The van der Waals surface area contributed by atoms with Crippen molar-refractivity contribution >= 4 is 19.5 Å². The number of Topliss-reactive ketones (excluding diaryl/α,β-unsaturated/α-hetero) is 1. The van der Waals surface area contributed by atoms with Crippen LogP contribution in [0.5, 0.6) is 11.5 Å². The van der Waals surface area contributed by atoms with Crippen LogP contribution in [-0.2, 0) is 27.1 Å². The average Bonchev–Trinajstić information content (AvgIpc) is 2.97. The van der Waals surface area contributed by atoms with Gasteiger partial charge in [-0.25, -0.2) is 9.36 Å². The Hall–Kier alpha value is -4.39. The van der Waals surface area contributed by atoms with Gasteiger partial charge in [-0.15, -0.1) is 0 Å². The summed E-state index contributed by atoms with van der Waals surface area (Å²) in [6.07, 6.45) is -0.749. The molecular formula is C31H31N2O6P. The van der Waals surface area contributed by atoms with E-state index in [0.29, 0.717) is 0 Å². The van der Waals surface area contributed by atoms with Gasteiger partial charge in [0.2, 0.25) is 0 Å².